The number of aromatic carboxylic acids is 1. The number of hydrogen-bond acceptors (Lipinski definition) is 3. The standard InChI is InChI=1S/C10H12O4/c1-3-6(2)7-5-14-9(10(12)13)4-8(7)11/h4-6H,3H2,1-2H3,(H,12,13)/t6-/m1/s1. The van der Waals surface area contributed by atoms with Crippen LogP contribution < -0.4 is 5.43 Å². The molecule has 0 spiro atoms. The maximum Gasteiger partial charge on any atom is 0.371 e. The second-order valence-corrected chi connectivity index (χ2v) is 3.18. The molecule has 0 aliphatic rings. The highest BCUT2D eigenvalue weighted by molar-refractivity contribution is 5.84. The van der Waals surface area contributed by atoms with Gasteiger partial charge in [0.25, 0.3) is 0 Å². The summed E-state index contributed by atoms with van der Waals surface area (Å²) >= 11 is 0. The molecule has 0 radical (unpaired) electrons. The molecule has 1 N–H and O–H groups in total. The highest BCUT2D eigenvalue weighted by Crippen LogP contribution is 2.14. The number of carbonyl (C=O) groups is 1. The van der Waals surface area contributed by atoms with Crippen LogP contribution in [0.25, 0.3) is 0 Å². The van der Waals surface area contributed by atoms with E-state index in [0.717, 1.165) is 12.5 Å². The fourth-order valence-corrected chi connectivity index (χ4v) is 1.11. The molecule has 1 atom stereocenters. The fraction of sp³-hybridized carbons (Fsp3) is 0.400. The van der Waals surface area contributed by atoms with Gasteiger partial charge in [-0.25, -0.2) is 4.79 Å². The highest BCUT2D eigenvalue weighted by Gasteiger charge is 2.12. The fourth-order valence-electron chi connectivity index (χ4n) is 1.11. The first-order valence-corrected chi connectivity index (χ1v) is 4.42. The third-order valence-electron chi connectivity index (χ3n) is 2.21. The molecule has 0 aliphatic carbocycles. The van der Waals surface area contributed by atoms with Crippen molar-refractivity contribution in [1.29, 1.82) is 0 Å². The molecule has 0 saturated heterocycles. The van der Waals surface area contributed by atoms with Crippen LogP contribution in [0.2, 0.25) is 0 Å². The van der Waals surface area contributed by atoms with Gasteiger partial charge in [-0.1, -0.05) is 13.8 Å². The quantitative estimate of drug-likeness (QED) is 0.801. The van der Waals surface area contributed by atoms with Gasteiger partial charge in [0, 0.05) is 11.6 Å². The Morgan fingerprint density at radius 1 is 1.64 bits per heavy atom. The van der Waals surface area contributed by atoms with Gasteiger partial charge in [-0.15, -0.1) is 0 Å². The number of carboxylic acid groups (broad SMARTS) is 1. The van der Waals surface area contributed by atoms with E-state index in [-0.39, 0.29) is 17.1 Å². The molecule has 0 bridgehead atoms. The Labute approximate surface area is 81.2 Å². The molecule has 0 aliphatic heterocycles. The van der Waals surface area contributed by atoms with Crippen LogP contribution in [-0.2, 0) is 0 Å². The van der Waals surface area contributed by atoms with Gasteiger partial charge in [0.05, 0.1) is 6.26 Å². The van der Waals surface area contributed by atoms with E-state index < -0.39 is 5.97 Å². The zero-order chi connectivity index (χ0) is 10.7. The van der Waals surface area contributed by atoms with Crippen molar-refractivity contribution in [1.82, 2.24) is 0 Å². The number of hydrogen-bond donors (Lipinski definition) is 1. The lowest BCUT2D eigenvalue weighted by atomic mass is 10.0. The normalized spacial score (nSPS) is 12.4. The Morgan fingerprint density at radius 3 is 2.71 bits per heavy atom. The van der Waals surface area contributed by atoms with Gasteiger partial charge in [-0.3, -0.25) is 4.79 Å². The van der Waals surface area contributed by atoms with Gasteiger partial charge in [-0.2, -0.15) is 0 Å². The molecule has 0 fully saturated rings. The molecular weight excluding hydrogens is 184 g/mol. The topological polar surface area (TPSA) is 67.5 Å². The van der Waals surface area contributed by atoms with Crippen LogP contribution in [0.5, 0.6) is 0 Å². The predicted octanol–water partition coefficient (Wildman–Crippen LogP) is 1.85. The van der Waals surface area contributed by atoms with Crippen molar-refractivity contribution in [2.45, 2.75) is 26.2 Å². The largest absolute Gasteiger partial charge is 0.475 e. The molecule has 0 amide bonds. The van der Waals surface area contributed by atoms with Crippen molar-refractivity contribution in [2.24, 2.45) is 0 Å². The summed E-state index contributed by atoms with van der Waals surface area (Å²) in [5.74, 6) is -1.45. The van der Waals surface area contributed by atoms with Crippen LogP contribution in [-0.4, -0.2) is 11.1 Å². The Bertz CT molecular complexity index is 391. The summed E-state index contributed by atoms with van der Waals surface area (Å²) in [5, 5.41) is 8.56. The average molecular weight is 196 g/mol. The van der Waals surface area contributed by atoms with Crippen molar-refractivity contribution in [3.05, 3.63) is 33.9 Å². The molecule has 76 valence electrons. The van der Waals surface area contributed by atoms with Crippen molar-refractivity contribution in [2.75, 3.05) is 0 Å². The van der Waals surface area contributed by atoms with Crippen LogP contribution >= 0.6 is 0 Å². The van der Waals surface area contributed by atoms with Crippen molar-refractivity contribution in [3.8, 4) is 0 Å². The first-order valence-electron chi connectivity index (χ1n) is 4.42. The average Bonchev–Trinajstić information content (AvgIpc) is 2.16. The first kappa shape index (κ1) is 10.5. The Kier molecular flexibility index (Phi) is 3.06. The lowest BCUT2D eigenvalue weighted by Gasteiger charge is -2.06. The number of carboxylic acids is 1. The lowest BCUT2D eigenvalue weighted by molar-refractivity contribution is 0.0659. The van der Waals surface area contributed by atoms with Gasteiger partial charge >= 0.3 is 5.97 Å². The maximum atomic E-state index is 11.4. The van der Waals surface area contributed by atoms with Gasteiger partial charge in [-0.05, 0) is 12.3 Å². The van der Waals surface area contributed by atoms with Crippen molar-refractivity contribution < 1.29 is 14.3 Å². The summed E-state index contributed by atoms with van der Waals surface area (Å²) in [7, 11) is 0. The van der Waals surface area contributed by atoms with E-state index in [4.69, 9.17) is 9.52 Å². The Balaban J connectivity index is 3.14. The van der Waals surface area contributed by atoms with Crippen LogP contribution in [0.3, 0.4) is 0 Å². The van der Waals surface area contributed by atoms with Crippen LogP contribution in [0.1, 0.15) is 42.3 Å². The molecule has 1 heterocycles. The Hall–Kier alpha value is -1.58. The zero-order valence-electron chi connectivity index (χ0n) is 8.11. The smallest absolute Gasteiger partial charge is 0.371 e. The minimum atomic E-state index is -1.22. The molecule has 0 aromatic carbocycles. The minimum absolute atomic E-state index is 0.0918. The molecule has 4 heteroatoms. The molecule has 1 rings (SSSR count). The summed E-state index contributed by atoms with van der Waals surface area (Å²) < 4.78 is 4.82. The van der Waals surface area contributed by atoms with Crippen molar-refractivity contribution in [3.63, 3.8) is 0 Å². The first-order chi connectivity index (χ1) is 6.56. The molecule has 1 aromatic heterocycles. The monoisotopic (exact) mass is 196 g/mol. The van der Waals surface area contributed by atoms with E-state index in [9.17, 15) is 9.59 Å². The molecule has 4 nitrogen and oxygen atoms in total. The second kappa shape index (κ2) is 4.09. The molecular formula is C10H12O4. The van der Waals surface area contributed by atoms with E-state index >= 15 is 0 Å². The molecule has 1 aromatic rings. The summed E-state index contributed by atoms with van der Waals surface area (Å²) in [6, 6.07) is 1.02. The van der Waals surface area contributed by atoms with Crippen LogP contribution in [0, 0.1) is 0 Å². The highest BCUT2D eigenvalue weighted by atomic mass is 16.4. The van der Waals surface area contributed by atoms with Gasteiger partial charge in [0.15, 0.2) is 5.43 Å². The van der Waals surface area contributed by atoms with E-state index in [1.165, 1.54) is 6.26 Å². The molecule has 0 unspecified atom stereocenters. The van der Waals surface area contributed by atoms with Gasteiger partial charge in [0.1, 0.15) is 0 Å². The van der Waals surface area contributed by atoms with E-state index in [0.29, 0.717) is 5.56 Å². The van der Waals surface area contributed by atoms with Crippen molar-refractivity contribution >= 4 is 5.97 Å². The SMILES string of the molecule is CC[C@@H](C)c1coc(C(=O)O)cc1=O. The summed E-state index contributed by atoms with van der Waals surface area (Å²) in [6.45, 7) is 3.85. The Morgan fingerprint density at radius 2 is 2.29 bits per heavy atom. The molecule has 14 heavy (non-hydrogen) atoms. The summed E-state index contributed by atoms with van der Waals surface area (Å²) in [6.07, 6.45) is 2.05. The summed E-state index contributed by atoms with van der Waals surface area (Å²) in [4.78, 5) is 21.9. The van der Waals surface area contributed by atoms with Gasteiger partial charge in [0.2, 0.25) is 5.76 Å². The predicted molar refractivity (Wildman–Crippen MR) is 50.6 cm³/mol. The summed E-state index contributed by atoms with van der Waals surface area (Å²) in [5.41, 5.74) is 0.250. The third-order valence-corrected chi connectivity index (χ3v) is 2.21. The van der Waals surface area contributed by atoms with Crippen LogP contribution in [0.15, 0.2) is 21.5 Å². The minimum Gasteiger partial charge on any atom is -0.475 e. The van der Waals surface area contributed by atoms with E-state index in [2.05, 4.69) is 0 Å². The lowest BCUT2D eigenvalue weighted by Crippen LogP contribution is -2.12. The second-order valence-electron chi connectivity index (χ2n) is 3.18. The number of rotatable bonds is 3. The zero-order valence-corrected chi connectivity index (χ0v) is 8.11. The third kappa shape index (κ3) is 2.02. The van der Waals surface area contributed by atoms with E-state index in [1.807, 2.05) is 13.8 Å². The van der Waals surface area contributed by atoms with Crippen LogP contribution in [0.4, 0.5) is 0 Å². The van der Waals surface area contributed by atoms with Gasteiger partial charge < -0.3 is 9.52 Å². The molecule has 0 saturated carbocycles. The van der Waals surface area contributed by atoms with E-state index in [1.54, 1.807) is 0 Å². The maximum absolute atomic E-state index is 11.4.